The van der Waals surface area contributed by atoms with E-state index in [1.165, 1.54) is 47.0 Å². The number of hydrogen-bond acceptors (Lipinski definition) is 5. The highest BCUT2D eigenvalue weighted by Gasteiger charge is 2.55. The molecule has 6 rings (SSSR count). The molecule has 2 heterocycles. The standard InChI is InChI=1S/C22H26N4OS/c27-22(16-6-7-16,17-8-9-17)20-13-26(25-23-20)12-14-5-10-18-19(11-14)28-24-21(18)15-3-1-2-4-15/h5,10-11,13,15-17,27H,1-4,6-9,12H2. The van der Waals surface area contributed by atoms with E-state index in [2.05, 4.69) is 28.5 Å². The van der Waals surface area contributed by atoms with Gasteiger partial charge in [0.1, 0.15) is 11.3 Å². The Balaban J connectivity index is 1.25. The lowest BCUT2D eigenvalue weighted by Crippen LogP contribution is -2.31. The van der Waals surface area contributed by atoms with Gasteiger partial charge in [-0.05, 0) is 73.5 Å². The van der Waals surface area contributed by atoms with Crippen LogP contribution in [0, 0.1) is 11.8 Å². The maximum absolute atomic E-state index is 11.3. The van der Waals surface area contributed by atoms with Gasteiger partial charge in [0, 0.05) is 11.3 Å². The van der Waals surface area contributed by atoms with Gasteiger partial charge in [-0.15, -0.1) is 5.10 Å². The minimum Gasteiger partial charge on any atom is -0.383 e. The molecule has 1 N–H and O–H groups in total. The van der Waals surface area contributed by atoms with Gasteiger partial charge in [0.2, 0.25) is 0 Å². The van der Waals surface area contributed by atoms with Crippen molar-refractivity contribution in [2.24, 2.45) is 11.8 Å². The zero-order chi connectivity index (χ0) is 18.7. The topological polar surface area (TPSA) is 63.8 Å². The van der Waals surface area contributed by atoms with Crippen LogP contribution in [0.2, 0.25) is 0 Å². The first-order valence-corrected chi connectivity index (χ1v) is 11.5. The average Bonchev–Trinajstić information content (AvgIpc) is 3.59. The van der Waals surface area contributed by atoms with Crippen molar-refractivity contribution in [1.29, 1.82) is 0 Å². The van der Waals surface area contributed by atoms with E-state index < -0.39 is 5.60 Å². The molecule has 28 heavy (non-hydrogen) atoms. The SMILES string of the molecule is OC(c1cn(Cc2ccc3c(C4CCCC4)nsc3c2)nn1)(C1CC1)C1CC1. The molecular formula is C22H26N4OS. The molecule has 0 aliphatic heterocycles. The Bertz CT molecular complexity index is 999. The number of benzene rings is 1. The molecule has 6 heteroatoms. The lowest BCUT2D eigenvalue weighted by Gasteiger charge is -2.25. The third-order valence-corrected chi connectivity index (χ3v) is 7.82. The van der Waals surface area contributed by atoms with E-state index in [-0.39, 0.29) is 0 Å². The summed E-state index contributed by atoms with van der Waals surface area (Å²) in [6, 6.07) is 6.69. The molecule has 0 saturated heterocycles. The minimum atomic E-state index is -0.740. The quantitative estimate of drug-likeness (QED) is 0.663. The summed E-state index contributed by atoms with van der Waals surface area (Å²) in [6.45, 7) is 0.686. The first-order valence-electron chi connectivity index (χ1n) is 10.7. The van der Waals surface area contributed by atoms with Gasteiger partial charge in [0.15, 0.2) is 0 Å². The molecule has 5 nitrogen and oxygen atoms in total. The summed E-state index contributed by atoms with van der Waals surface area (Å²) in [5.74, 6) is 1.42. The van der Waals surface area contributed by atoms with Crippen molar-refractivity contribution in [3.63, 3.8) is 0 Å². The minimum absolute atomic E-state index is 0.382. The van der Waals surface area contributed by atoms with Crippen molar-refractivity contribution in [3.8, 4) is 0 Å². The van der Waals surface area contributed by atoms with Gasteiger partial charge in [-0.1, -0.05) is 30.2 Å². The second-order valence-electron chi connectivity index (χ2n) is 9.05. The van der Waals surface area contributed by atoms with Crippen LogP contribution >= 0.6 is 11.5 Å². The Labute approximate surface area is 168 Å². The molecule has 0 amide bonds. The molecule has 0 spiro atoms. The first kappa shape index (κ1) is 17.1. The summed E-state index contributed by atoms with van der Waals surface area (Å²) in [7, 11) is 0. The zero-order valence-electron chi connectivity index (χ0n) is 16.0. The van der Waals surface area contributed by atoms with E-state index in [4.69, 9.17) is 4.37 Å². The van der Waals surface area contributed by atoms with E-state index >= 15 is 0 Å². The summed E-state index contributed by atoms with van der Waals surface area (Å²) in [5.41, 5.74) is 2.56. The third-order valence-electron chi connectivity index (χ3n) is 7.00. The molecule has 146 valence electrons. The fourth-order valence-electron chi connectivity index (χ4n) is 5.14. The van der Waals surface area contributed by atoms with E-state index in [1.54, 1.807) is 11.5 Å². The lowest BCUT2D eigenvalue weighted by molar-refractivity contribution is -0.0144. The summed E-state index contributed by atoms with van der Waals surface area (Å²) < 4.78 is 7.94. The monoisotopic (exact) mass is 394 g/mol. The van der Waals surface area contributed by atoms with Crippen LogP contribution in [0.4, 0.5) is 0 Å². The molecule has 3 aliphatic rings. The second kappa shape index (κ2) is 6.36. The van der Waals surface area contributed by atoms with Crippen molar-refractivity contribution in [3.05, 3.63) is 41.3 Å². The maximum atomic E-state index is 11.3. The van der Waals surface area contributed by atoms with Crippen LogP contribution in [-0.2, 0) is 12.1 Å². The maximum Gasteiger partial charge on any atom is 0.116 e. The summed E-state index contributed by atoms with van der Waals surface area (Å²) in [4.78, 5) is 0. The van der Waals surface area contributed by atoms with Gasteiger partial charge >= 0.3 is 0 Å². The average molecular weight is 395 g/mol. The molecule has 1 aromatic carbocycles. The van der Waals surface area contributed by atoms with Gasteiger partial charge in [0.25, 0.3) is 0 Å². The Morgan fingerprint density at radius 3 is 2.54 bits per heavy atom. The van der Waals surface area contributed by atoms with Crippen molar-refractivity contribution in [1.82, 2.24) is 19.4 Å². The van der Waals surface area contributed by atoms with E-state index in [0.717, 1.165) is 31.4 Å². The van der Waals surface area contributed by atoms with Crippen molar-refractivity contribution >= 4 is 21.6 Å². The summed E-state index contributed by atoms with van der Waals surface area (Å²) in [5, 5.41) is 21.3. The van der Waals surface area contributed by atoms with E-state index in [1.807, 2.05) is 10.9 Å². The molecule has 0 bridgehead atoms. The van der Waals surface area contributed by atoms with Gasteiger partial charge in [-0.3, -0.25) is 0 Å². The Morgan fingerprint density at radius 2 is 1.82 bits per heavy atom. The van der Waals surface area contributed by atoms with Crippen LogP contribution in [0.25, 0.3) is 10.1 Å². The van der Waals surface area contributed by atoms with Gasteiger partial charge in [-0.25, -0.2) is 4.68 Å². The summed E-state index contributed by atoms with van der Waals surface area (Å²) >= 11 is 1.62. The highest BCUT2D eigenvalue weighted by Crippen LogP contribution is 2.56. The molecule has 2 aromatic heterocycles. The number of aromatic nitrogens is 4. The molecule has 3 saturated carbocycles. The van der Waals surface area contributed by atoms with Crippen LogP contribution in [0.1, 0.15) is 74.2 Å². The van der Waals surface area contributed by atoms with Crippen LogP contribution < -0.4 is 0 Å². The number of hydrogen-bond donors (Lipinski definition) is 1. The van der Waals surface area contributed by atoms with Crippen LogP contribution in [-0.4, -0.2) is 24.5 Å². The number of nitrogens with zero attached hydrogens (tertiary/aromatic N) is 4. The smallest absolute Gasteiger partial charge is 0.116 e. The molecule has 0 unspecified atom stereocenters. The number of rotatable bonds is 6. The van der Waals surface area contributed by atoms with Crippen LogP contribution in [0.5, 0.6) is 0 Å². The van der Waals surface area contributed by atoms with Crippen LogP contribution in [0.3, 0.4) is 0 Å². The van der Waals surface area contributed by atoms with E-state index in [9.17, 15) is 5.11 Å². The molecule has 0 atom stereocenters. The predicted molar refractivity (Wildman–Crippen MR) is 109 cm³/mol. The van der Waals surface area contributed by atoms with Gasteiger partial charge in [0.05, 0.1) is 23.1 Å². The highest BCUT2D eigenvalue weighted by atomic mass is 32.1. The van der Waals surface area contributed by atoms with Crippen molar-refractivity contribution in [2.75, 3.05) is 0 Å². The van der Waals surface area contributed by atoms with Crippen LogP contribution in [0.15, 0.2) is 24.4 Å². The third kappa shape index (κ3) is 2.80. The fourth-order valence-corrected chi connectivity index (χ4v) is 6.06. The number of aliphatic hydroxyl groups is 1. The second-order valence-corrected chi connectivity index (χ2v) is 9.86. The molecule has 0 radical (unpaired) electrons. The predicted octanol–water partition coefficient (Wildman–Crippen LogP) is 4.60. The van der Waals surface area contributed by atoms with Crippen molar-refractivity contribution in [2.45, 2.75) is 69.4 Å². The Hall–Kier alpha value is -1.79. The first-order chi connectivity index (χ1) is 13.7. The highest BCUT2D eigenvalue weighted by molar-refractivity contribution is 7.13. The zero-order valence-corrected chi connectivity index (χ0v) is 16.9. The molecule has 3 fully saturated rings. The Kier molecular flexibility index (Phi) is 3.88. The van der Waals surface area contributed by atoms with Crippen molar-refractivity contribution < 1.29 is 5.11 Å². The summed E-state index contributed by atoms with van der Waals surface area (Å²) in [6.07, 6.45) is 11.7. The largest absolute Gasteiger partial charge is 0.383 e. The van der Waals surface area contributed by atoms with E-state index in [0.29, 0.717) is 24.3 Å². The fraction of sp³-hybridized carbons (Fsp3) is 0.591. The normalized spacial score (nSPS) is 21.0. The Morgan fingerprint density at radius 1 is 1.07 bits per heavy atom. The lowest BCUT2D eigenvalue weighted by atomic mass is 9.89. The van der Waals surface area contributed by atoms with Gasteiger partial charge in [-0.2, -0.15) is 4.37 Å². The molecule has 3 aliphatic carbocycles. The molecular weight excluding hydrogens is 368 g/mol. The van der Waals surface area contributed by atoms with Gasteiger partial charge < -0.3 is 5.11 Å². The molecule has 3 aromatic rings. The number of fused-ring (bicyclic) bond motifs is 1.